The van der Waals surface area contributed by atoms with Crippen LogP contribution in [-0.4, -0.2) is 113 Å². The average Bonchev–Trinajstić information content (AvgIpc) is 3.71. The summed E-state index contributed by atoms with van der Waals surface area (Å²) in [6.45, 7) is 3.91. The summed E-state index contributed by atoms with van der Waals surface area (Å²) in [5, 5.41) is 45.6. The molecule has 17 nitrogen and oxygen atoms in total. The fraction of sp³-hybridized carbons (Fsp3) is 0.222. The first-order valence-corrected chi connectivity index (χ1v) is 18.4. The van der Waals surface area contributed by atoms with Crippen LogP contribution in [0.3, 0.4) is 0 Å². The Labute approximate surface area is 400 Å². The van der Waals surface area contributed by atoms with Crippen molar-refractivity contribution in [3.8, 4) is 23.0 Å². The molecule has 0 atom stereocenters. The second kappa shape index (κ2) is 35.3. The molecule has 0 aromatic heterocycles. The molecule has 1 fully saturated rings. The number of aliphatic imine (C=N–C) groups is 4. The van der Waals surface area contributed by atoms with Gasteiger partial charge in [-0.3, -0.25) is 20.0 Å². The van der Waals surface area contributed by atoms with E-state index in [1.54, 1.807) is 97.7 Å². The summed E-state index contributed by atoms with van der Waals surface area (Å²) in [5.41, 5.74) is 2.28. The van der Waals surface area contributed by atoms with Crippen LogP contribution in [0.4, 0.5) is 0 Å². The molecule has 5 rings (SSSR count). The molecule has 22 heteroatoms. The predicted molar refractivity (Wildman–Crippen MR) is 179 cm³/mol. The molecule has 0 radical (unpaired) electrons. The first kappa shape index (κ1) is 59.8. The molecule has 314 valence electrons. The van der Waals surface area contributed by atoms with E-state index in [1.165, 1.54) is 37.1 Å². The number of hydrogen-bond acceptors (Lipinski definition) is 17. The Bertz CT molecular complexity index is 1530. The van der Waals surface area contributed by atoms with E-state index in [1.807, 2.05) is 0 Å². The van der Waals surface area contributed by atoms with Gasteiger partial charge in [0.05, 0.1) is 26.2 Å². The Balaban J connectivity index is -0.000000743. The van der Waals surface area contributed by atoms with E-state index in [9.17, 15) is 20.4 Å². The smallest absolute Gasteiger partial charge is 0.872 e. The van der Waals surface area contributed by atoms with Gasteiger partial charge in [0.25, 0.3) is 0 Å². The molecule has 0 spiro atoms. The monoisotopic (exact) mass is 1060 g/mol. The van der Waals surface area contributed by atoms with Crippen molar-refractivity contribution in [1.82, 2.24) is 0 Å². The van der Waals surface area contributed by atoms with E-state index >= 15 is 0 Å². The number of nitrogens with zero attached hydrogens (tertiary/aromatic N) is 4. The molecule has 1 saturated heterocycles. The molecule has 58 heavy (non-hydrogen) atoms. The summed E-state index contributed by atoms with van der Waals surface area (Å²) in [7, 11) is -9.89. The summed E-state index contributed by atoms with van der Waals surface area (Å²) >= 11 is 0. The van der Waals surface area contributed by atoms with Gasteiger partial charge in [-0.1, -0.05) is 97.1 Å². The van der Waals surface area contributed by atoms with Crippen molar-refractivity contribution in [2.45, 2.75) is 12.8 Å². The van der Waals surface area contributed by atoms with Gasteiger partial charge in [-0.25, -0.2) is 37.3 Å². The summed E-state index contributed by atoms with van der Waals surface area (Å²) in [6.07, 6.45) is 8.78. The number of halogens is 2. The third-order valence-electron chi connectivity index (χ3n) is 6.14. The van der Waals surface area contributed by atoms with E-state index in [4.69, 9.17) is 42.0 Å². The molecule has 4 aromatic rings. The maximum absolute atomic E-state index is 11.4. The molecule has 0 bridgehead atoms. The molecular weight excluding hydrogens is 1020 g/mol. The van der Waals surface area contributed by atoms with Crippen LogP contribution in [-0.2, 0) is 37.7 Å². The SMILES string of the molecule is C1CCOC1.[Ba+2].[Ni+2].[Ni+2].[O-][Cl+3]([O-])([O-])[O-].[O-][Cl+3]([O-])([O-])[O-].[O-]c1ccccc1C=NCCN=Cc1ccccc1[O-].[O-]c1ccccc1C=NCCN=Cc1ccccc1[O-]. The molecule has 0 saturated carbocycles. The molecule has 1 heterocycles. The second-order valence-corrected chi connectivity index (χ2v) is 11.9. The van der Waals surface area contributed by atoms with E-state index in [0.29, 0.717) is 48.4 Å². The van der Waals surface area contributed by atoms with E-state index in [-0.39, 0.29) is 105 Å². The van der Waals surface area contributed by atoms with Gasteiger partial charge in [0.2, 0.25) is 0 Å². The van der Waals surface area contributed by atoms with Crippen LogP contribution >= 0.6 is 0 Å². The Morgan fingerprint density at radius 1 is 0.414 bits per heavy atom. The predicted octanol–water partition coefficient (Wildman–Crippen LogP) is -6.36. The third kappa shape index (κ3) is 35.5. The standard InChI is InChI=1S/2C16H16N2O2.C4H8O.Ba.2ClHO4.2Ni/c2*19-15-7-3-1-5-13(15)11-17-9-10-18-12-14-6-2-4-8-16(14)20;1-2-4-5-3-1;;2*2-1(3,4)5;;/h2*1-8,11-12,19-20H,9-10H2;1-4H2;;2*(H,2,3,4,5);;/q;;;+2;;;2*+2/p-6. The van der Waals surface area contributed by atoms with Crippen molar-refractivity contribution in [3.63, 3.8) is 0 Å². The van der Waals surface area contributed by atoms with Gasteiger partial charge in [-0.05, 0) is 35.1 Å². The molecule has 1 aliphatic rings. The van der Waals surface area contributed by atoms with Crippen molar-refractivity contribution in [1.29, 1.82) is 0 Å². The summed E-state index contributed by atoms with van der Waals surface area (Å²) in [5.74, 6) is -0.167. The van der Waals surface area contributed by atoms with Gasteiger partial charge in [-0.15, -0.1) is 43.5 Å². The van der Waals surface area contributed by atoms with Crippen molar-refractivity contribution >= 4 is 73.7 Å². The average molecular weight is 1060 g/mol. The van der Waals surface area contributed by atoms with E-state index < -0.39 is 20.5 Å². The van der Waals surface area contributed by atoms with Gasteiger partial charge in [0.15, 0.2) is 0 Å². The van der Waals surface area contributed by atoms with Crippen LogP contribution in [0, 0.1) is 20.5 Å². The zero-order valence-corrected chi connectivity index (χ0v) is 38.3. The summed E-state index contributed by atoms with van der Waals surface area (Å²) in [4.78, 5) is 16.6. The molecule has 0 N–H and O–H groups in total. The quantitative estimate of drug-likeness (QED) is 0.0812. The minimum absolute atomic E-state index is 0. The molecule has 0 amide bonds. The van der Waals surface area contributed by atoms with Crippen molar-refractivity contribution in [2.75, 3.05) is 39.4 Å². The van der Waals surface area contributed by atoms with Crippen LogP contribution < -0.4 is 57.7 Å². The minimum atomic E-state index is -4.94. The van der Waals surface area contributed by atoms with E-state index in [0.717, 1.165) is 13.2 Å². The first-order valence-electron chi connectivity index (χ1n) is 15.9. The van der Waals surface area contributed by atoms with Gasteiger partial charge in [-0.2, -0.15) is 0 Å². The molecule has 0 aliphatic carbocycles. The number of hydrogen-bond donors (Lipinski definition) is 0. The molecule has 4 aromatic carbocycles. The number of rotatable bonds is 10. The number of benzene rings is 4. The van der Waals surface area contributed by atoms with Crippen LogP contribution in [0.2, 0.25) is 0 Å². The van der Waals surface area contributed by atoms with Crippen molar-refractivity contribution < 1.29 is 116 Å². The maximum atomic E-state index is 11.4. The summed E-state index contributed by atoms with van der Waals surface area (Å²) < 4.78 is 72.9. The Morgan fingerprint density at radius 2 is 0.603 bits per heavy atom. The maximum Gasteiger partial charge on any atom is 2.00 e. The Morgan fingerprint density at radius 3 is 0.759 bits per heavy atom. The normalized spacial score (nSPS) is 12.0. The Kier molecular flexibility index (Phi) is 36.4. The van der Waals surface area contributed by atoms with Crippen LogP contribution in [0.5, 0.6) is 23.0 Å². The summed E-state index contributed by atoms with van der Waals surface area (Å²) in [6, 6.07) is 26.9. The van der Waals surface area contributed by atoms with Crippen LogP contribution in [0.1, 0.15) is 35.1 Å². The van der Waals surface area contributed by atoms with Crippen LogP contribution in [0.25, 0.3) is 0 Å². The fourth-order valence-electron chi connectivity index (χ4n) is 3.74. The van der Waals surface area contributed by atoms with Crippen molar-refractivity contribution in [2.24, 2.45) is 20.0 Å². The molecular formula is C36H36BaCl2N4Ni2O13. The minimum Gasteiger partial charge on any atom is -0.872 e. The second-order valence-electron chi connectivity index (χ2n) is 10.4. The number of ether oxygens (including phenoxy) is 1. The van der Waals surface area contributed by atoms with E-state index in [2.05, 4.69) is 20.0 Å². The van der Waals surface area contributed by atoms with Gasteiger partial charge < -0.3 is 25.2 Å². The Hall–Kier alpha value is -2.46. The molecule has 0 unspecified atom stereocenters. The van der Waals surface area contributed by atoms with Crippen molar-refractivity contribution in [3.05, 3.63) is 119 Å². The fourth-order valence-corrected chi connectivity index (χ4v) is 3.74. The topological polar surface area (TPSA) is 335 Å². The third-order valence-corrected chi connectivity index (χ3v) is 6.14. The molecule has 1 aliphatic heterocycles. The first-order chi connectivity index (χ1) is 26.0. The van der Waals surface area contributed by atoms with Gasteiger partial charge >= 0.3 is 81.9 Å². The van der Waals surface area contributed by atoms with Gasteiger partial charge in [0.1, 0.15) is 0 Å². The van der Waals surface area contributed by atoms with Gasteiger partial charge in [0, 0.05) is 38.1 Å². The number of para-hydroxylation sites is 4. The zero-order chi connectivity index (χ0) is 41.0. The van der Waals surface area contributed by atoms with Crippen LogP contribution in [0.15, 0.2) is 117 Å². The zero-order valence-electron chi connectivity index (χ0n) is 30.4. The largest absolute Gasteiger partial charge is 2.00 e.